The molecule has 1 aliphatic heterocycles. The van der Waals surface area contributed by atoms with Gasteiger partial charge in [-0.15, -0.1) is 0 Å². The molecule has 0 aromatic heterocycles. The van der Waals surface area contributed by atoms with Gasteiger partial charge in [-0.2, -0.15) is 0 Å². The zero-order valence-electron chi connectivity index (χ0n) is 20.3. The number of Topliss-reactive ketones (excluding diaryl/α,β-unsaturated/α-hetero) is 1. The average Bonchev–Trinajstić information content (AvgIpc) is 3.14. The van der Waals surface area contributed by atoms with Crippen LogP contribution in [0.15, 0.2) is 66.2 Å². The number of anilines is 1. The van der Waals surface area contributed by atoms with Gasteiger partial charge < -0.3 is 19.7 Å². The van der Waals surface area contributed by atoms with E-state index in [1.54, 1.807) is 24.3 Å². The first kappa shape index (κ1) is 25.1. The molecule has 3 aromatic carbocycles. The van der Waals surface area contributed by atoms with Crippen LogP contribution in [0.1, 0.15) is 42.5 Å². The second-order valence-electron chi connectivity index (χ2n) is 8.69. The molecule has 0 bridgehead atoms. The monoisotopic (exact) mass is 507 g/mol. The minimum Gasteiger partial charge on any atom is -0.508 e. The Morgan fingerprint density at radius 2 is 1.56 bits per heavy atom. The van der Waals surface area contributed by atoms with Crippen LogP contribution in [0.25, 0.3) is 5.76 Å². The van der Waals surface area contributed by atoms with Gasteiger partial charge in [0.1, 0.15) is 23.0 Å². The molecule has 186 valence electrons. The van der Waals surface area contributed by atoms with Crippen LogP contribution in [0.2, 0.25) is 5.02 Å². The first-order valence-electron chi connectivity index (χ1n) is 11.3. The molecule has 4 rings (SSSR count). The number of aromatic hydroxyl groups is 1. The second kappa shape index (κ2) is 9.95. The van der Waals surface area contributed by atoms with Crippen LogP contribution in [0.4, 0.5) is 5.69 Å². The molecule has 1 amide bonds. The number of aliphatic hydroxyl groups excluding tert-OH is 1. The van der Waals surface area contributed by atoms with Gasteiger partial charge in [0, 0.05) is 11.8 Å². The Labute approximate surface area is 214 Å². The number of phenols is 1. The third-order valence-corrected chi connectivity index (χ3v) is 6.52. The Hall–Kier alpha value is -3.97. The molecule has 7 nitrogen and oxygen atoms in total. The highest BCUT2D eigenvalue weighted by molar-refractivity contribution is 6.51. The van der Waals surface area contributed by atoms with Crippen molar-refractivity contribution in [2.24, 2.45) is 0 Å². The molecule has 0 radical (unpaired) electrons. The highest BCUT2D eigenvalue weighted by atomic mass is 35.5. The maximum Gasteiger partial charge on any atom is 0.300 e. The SMILES string of the molecule is COc1cc(OC)c(/C(O)=C2\C(=O)C(=O)N(c3ccc(C(C)C)cc3)C2c2ccc(O)cc2)cc1Cl. The summed E-state index contributed by atoms with van der Waals surface area (Å²) in [5, 5.41) is 21.4. The van der Waals surface area contributed by atoms with E-state index in [1.165, 1.54) is 43.4 Å². The Morgan fingerprint density at radius 3 is 2.11 bits per heavy atom. The number of benzene rings is 3. The van der Waals surface area contributed by atoms with Gasteiger partial charge in [0.2, 0.25) is 0 Å². The zero-order chi connectivity index (χ0) is 26.1. The van der Waals surface area contributed by atoms with Crippen LogP contribution in [-0.4, -0.2) is 36.1 Å². The minimum atomic E-state index is -0.957. The van der Waals surface area contributed by atoms with Gasteiger partial charge in [0.25, 0.3) is 11.7 Å². The third-order valence-electron chi connectivity index (χ3n) is 6.22. The van der Waals surface area contributed by atoms with Crippen molar-refractivity contribution < 1.29 is 29.3 Å². The van der Waals surface area contributed by atoms with Gasteiger partial charge in [0.05, 0.1) is 36.4 Å². The zero-order valence-corrected chi connectivity index (χ0v) is 21.0. The van der Waals surface area contributed by atoms with Gasteiger partial charge >= 0.3 is 0 Å². The predicted molar refractivity (Wildman–Crippen MR) is 138 cm³/mol. The van der Waals surface area contributed by atoms with Crippen LogP contribution in [-0.2, 0) is 9.59 Å². The van der Waals surface area contributed by atoms with E-state index in [0.29, 0.717) is 17.0 Å². The van der Waals surface area contributed by atoms with Crippen LogP contribution in [0.3, 0.4) is 0 Å². The first-order valence-corrected chi connectivity index (χ1v) is 11.7. The van der Waals surface area contributed by atoms with Crippen LogP contribution in [0, 0.1) is 0 Å². The number of nitrogens with zero attached hydrogens (tertiary/aromatic N) is 1. The largest absolute Gasteiger partial charge is 0.508 e. The number of carbonyl (C=O) groups excluding carboxylic acids is 2. The molecule has 1 saturated heterocycles. The molecule has 3 aromatic rings. The number of rotatable bonds is 6. The lowest BCUT2D eigenvalue weighted by Gasteiger charge is -2.26. The molecular weight excluding hydrogens is 482 g/mol. The smallest absolute Gasteiger partial charge is 0.300 e. The van der Waals surface area contributed by atoms with Crippen LogP contribution < -0.4 is 14.4 Å². The second-order valence-corrected chi connectivity index (χ2v) is 9.10. The average molecular weight is 508 g/mol. The lowest BCUT2D eigenvalue weighted by Crippen LogP contribution is -2.29. The van der Waals surface area contributed by atoms with Crippen molar-refractivity contribution in [1.29, 1.82) is 0 Å². The van der Waals surface area contributed by atoms with E-state index >= 15 is 0 Å². The first-order chi connectivity index (χ1) is 17.2. The molecule has 1 aliphatic rings. The van der Waals surface area contributed by atoms with E-state index in [-0.39, 0.29) is 33.6 Å². The number of hydrogen-bond acceptors (Lipinski definition) is 6. The number of amides is 1. The standard InChI is InChI=1S/C28H26ClNO6/c1-15(2)16-5-9-18(10-6-16)30-25(17-7-11-19(31)12-8-17)24(27(33)28(30)34)26(32)20-13-21(29)23(36-4)14-22(20)35-3/h5-15,25,31-32H,1-4H3/b26-24+. The van der Waals surface area contributed by atoms with Crippen molar-refractivity contribution in [2.45, 2.75) is 25.8 Å². The Balaban J connectivity index is 1.95. The highest BCUT2D eigenvalue weighted by Gasteiger charge is 2.47. The summed E-state index contributed by atoms with van der Waals surface area (Å²) in [5.41, 5.74) is 2.12. The minimum absolute atomic E-state index is 0.0283. The summed E-state index contributed by atoms with van der Waals surface area (Å²) in [4.78, 5) is 28.1. The Kier molecular flexibility index (Phi) is 6.95. The van der Waals surface area contributed by atoms with Crippen molar-refractivity contribution in [3.05, 3.63) is 87.9 Å². The molecule has 8 heteroatoms. The van der Waals surface area contributed by atoms with E-state index in [2.05, 4.69) is 13.8 Å². The quantitative estimate of drug-likeness (QED) is 0.248. The molecule has 2 N–H and O–H groups in total. The normalized spacial score (nSPS) is 17.1. The Morgan fingerprint density at radius 1 is 0.944 bits per heavy atom. The maximum atomic E-state index is 13.4. The summed E-state index contributed by atoms with van der Waals surface area (Å²) >= 11 is 6.31. The van der Waals surface area contributed by atoms with Gasteiger partial charge in [-0.3, -0.25) is 14.5 Å². The van der Waals surface area contributed by atoms with Crippen molar-refractivity contribution >= 4 is 34.7 Å². The molecule has 1 fully saturated rings. The summed E-state index contributed by atoms with van der Waals surface area (Å²) in [6.07, 6.45) is 0. The van der Waals surface area contributed by atoms with E-state index < -0.39 is 23.5 Å². The van der Waals surface area contributed by atoms with E-state index in [9.17, 15) is 19.8 Å². The number of carbonyl (C=O) groups is 2. The molecular formula is C28H26ClNO6. The number of halogens is 1. The molecule has 0 aliphatic carbocycles. The topological polar surface area (TPSA) is 96.3 Å². The predicted octanol–water partition coefficient (Wildman–Crippen LogP) is 5.81. The van der Waals surface area contributed by atoms with E-state index in [4.69, 9.17) is 21.1 Å². The van der Waals surface area contributed by atoms with E-state index in [1.807, 2.05) is 12.1 Å². The van der Waals surface area contributed by atoms with Crippen molar-refractivity contribution in [3.8, 4) is 17.2 Å². The highest BCUT2D eigenvalue weighted by Crippen LogP contribution is 2.45. The molecule has 1 atom stereocenters. The Bertz CT molecular complexity index is 1350. The third kappa shape index (κ3) is 4.38. The number of phenolic OH excluding ortho intramolecular Hbond substituents is 1. The fourth-order valence-corrected chi connectivity index (χ4v) is 4.52. The van der Waals surface area contributed by atoms with Crippen LogP contribution >= 0.6 is 11.6 Å². The van der Waals surface area contributed by atoms with Gasteiger partial charge in [-0.05, 0) is 47.4 Å². The molecule has 1 heterocycles. The van der Waals surface area contributed by atoms with Gasteiger partial charge in [0.15, 0.2) is 0 Å². The summed E-state index contributed by atoms with van der Waals surface area (Å²) in [6.45, 7) is 4.12. The molecule has 36 heavy (non-hydrogen) atoms. The lowest BCUT2D eigenvalue weighted by molar-refractivity contribution is -0.132. The van der Waals surface area contributed by atoms with Crippen LogP contribution in [0.5, 0.6) is 17.2 Å². The van der Waals surface area contributed by atoms with Crippen molar-refractivity contribution in [1.82, 2.24) is 0 Å². The fourth-order valence-electron chi connectivity index (χ4n) is 4.28. The summed E-state index contributed by atoms with van der Waals surface area (Å²) in [5.74, 6) is -1.22. The van der Waals surface area contributed by atoms with Gasteiger partial charge in [-0.25, -0.2) is 0 Å². The summed E-state index contributed by atoms with van der Waals surface area (Å²) < 4.78 is 10.6. The number of ether oxygens (including phenoxy) is 2. The number of methoxy groups -OCH3 is 2. The maximum absolute atomic E-state index is 13.4. The molecule has 1 unspecified atom stereocenters. The van der Waals surface area contributed by atoms with Crippen molar-refractivity contribution in [2.75, 3.05) is 19.1 Å². The molecule has 0 spiro atoms. The lowest BCUT2D eigenvalue weighted by atomic mass is 9.94. The number of ketones is 1. The number of aliphatic hydroxyl groups is 1. The number of hydrogen-bond donors (Lipinski definition) is 2. The fraction of sp³-hybridized carbons (Fsp3) is 0.214. The van der Waals surface area contributed by atoms with Crippen molar-refractivity contribution in [3.63, 3.8) is 0 Å². The summed E-state index contributed by atoms with van der Waals surface area (Å²) in [6, 6.07) is 15.4. The van der Waals surface area contributed by atoms with E-state index in [0.717, 1.165) is 5.56 Å². The molecule has 0 saturated carbocycles. The van der Waals surface area contributed by atoms with Gasteiger partial charge in [-0.1, -0.05) is 49.7 Å². The summed E-state index contributed by atoms with van der Waals surface area (Å²) in [7, 11) is 2.85.